The molecule has 88 valence electrons. The van der Waals surface area contributed by atoms with E-state index in [1.807, 2.05) is 18.2 Å². The molecule has 1 aromatic rings. The predicted octanol–water partition coefficient (Wildman–Crippen LogP) is 2.50. The van der Waals surface area contributed by atoms with E-state index in [1.54, 1.807) is 14.2 Å². The Morgan fingerprint density at radius 3 is 2.62 bits per heavy atom. The molecule has 1 aromatic carbocycles. The maximum atomic E-state index is 6.20. The van der Waals surface area contributed by atoms with E-state index in [4.69, 9.17) is 15.2 Å². The summed E-state index contributed by atoms with van der Waals surface area (Å²) in [6, 6.07) is 5.93. The summed E-state index contributed by atoms with van der Waals surface area (Å²) in [6.07, 6.45) is 3.68. The van der Waals surface area contributed by atoms with Crippen molar-refractivity contribution in [2.24, 2.45) is 11.7 Å². The zero-order valence-corrected chi connectivity index (χ0v) is 9.90. The standard InChI is InChI=1S/C13H19NO2/c1-15-12-5-3-4-10(13(12)16-2)11(14)8-9-6-7-9/h3-5,9,11H,6-8,14H2,1-2H3/t11-/m1/s1. The van der Waals surface area contributed by atoms with Crippen molar-refractivity contribution in [1.29, 1.82) is 0 Å². The molecule has 0 unspecified atom stereocenters. The lowest BCUT2D eigenvalue weighted by Gasteiger charge is -2.17. The first kappa shape index (κ1) is 11.3. The van der Waals surface area contributed by atoms with E-state index in [0.717, 1.165) is 29.4 Å². The molecule has 0 amide bonds. The van der Waals surface area contributed by atoms with E-state index < -0.39 is 0 Å². The molecule has 0 aliphatic heterocycles. The van der Waals surface area contributed by atoms with Crippen LogP contribution in [0.25, 0.3) is 0 Å². The predicted molar refractivity (Wildman–Crippen MR) is 63.8 cm³/mol. The maximum Gasteiger partial charge on any atom is 0.165 e. The first-order chi connectivity index (χ1) is 7.76. The zero-order chi connectivity index (χ0) is 11.5. The number of nitrogens with two attached hydrogens (primary N) is 1. The molecule has 0 spiro atoms. The number of methoxy groups -OCH3 is 2. The van der Waals surface area contributed by atoms with E-state index in [-0.39, 0.29) is 6.04 Å². The molecule has 0 saturated heterocycles. The molecule has 2 rings (SSSR count). The van der Waals surface area contributed by atoms with Crippen LogP contribution in [0.1, 0.15) is 30.9 Å². The summed E-state index contributed by atoms with van der Waals surface area (Å²) in [7, 11) is 3.30. The van der Waals surface area contributed by atoms with Gasteiger partial charge in [0.25, 0.3) is 0 Å². The van der Waals surface area contributed by atoms with Crippen LogP contribution in [0.2, 0.25) is 0 Å². The van der Waals surface area contributed by atoms with Crippen LogP contribution in [0.5, 0.6) is 11.5 Å². The highest BCUT2D eigenvalue weighted by Gasteiger charge is 2.26. The normalized spacial score (nSPS) is 16.9. The molecule has 3 nitrogen and oxygen atoms in total. The highest BCUT2D eigenvalue weighted by molar-refractivity contribution is 5.48. The molecule has 1 atom stereocenters. The van der Waals surface area contributed by atoms with Gasteiger partial charge in [-0.3, -0.25) is 0 Å². The Morgan fingerprint density at radius 1 is 1.31 bits per heavy atom. The van der Waals surface area contributed by atoms with Gasteiger partial charge >= 0.3 is 0 Å². The van der Waals surface area contributed by atoms with Gasteiger partial charge in [-0.25, -0.2) is 0 Å². The quantitative estimate of drug-likeness (QED) is 0.830. The highest BCUT2D eigenvalue weighted by Crippen LogP contribution is 2.40. The average Bonchev–Trinajstić information content (AvgIpc) is 3.11. The second kappa shape index (κ2) is 4.74. The Kier molecular flexibility index (Phi) is 3.34. The molecule has 1 saturated carbocycles. The van der Waals surface area contributed by atoms with Gasteiger partial charge in [0.15, 0.2) is 11.5 Å². The van der Waals surface area contributed by atoms with Crippen molar-refractivity contribution < 1.29 is 9.47 Å². The van der Waals surface area contributed by atoms with Crippen molar-refractivity contribution in [3.05, 3.63) is 23.8 Å². The van der Waals surface area contributed by atoms with Gasteiger partial charge in [0.05, 0.1) is 14.2 Å². The summed E-state index contributed by atoms with van der Waals surface area (Å²) in [5.41, 5.74) is 7.25. The summed E-state index contributed by atoms with van der Waals surface area (Å²) in [6.45, 7) is 0. The second-order valence-electron chi connectivity index (χ2n) is 4.37. The third-order valence-electron chi connectivity index (χ3n) is 3.12. The summed E-state index contributed by atoms with van der Waals surface area (Å²) < 4.78 is 10.7. The largest absolute Gasteiger partial charge is 0.493 e. The number of para-hydroxylation sites is 1. The minimum absolute atomic E-state index is 0.0533. The number of ether oxygens (including phenoxy) is 2. The Balaban J connectivity index is 2.23. The van der Waals surface area contributed by atoms with Crippen LogP contribution in [-0.2, 0) is 0 Å². The van der Waals surface area contributed by atoms with Crippen molar-refractivity contribution in [2.75, 3.05) is 14.2 Å². The van der Waals surface area contributed by atoms with Crippen molar-refractivity contribution in [2.45, 2.75) is 25.3 Å². The number of rotatable bonds is 5. The fourth-order valence-corrected chi connectivity index (χ4v) is 2.04. The first-order valence-electron chi connectivity index (χ1n) is 5.72. The Bertz CT molecular complexity index is 361. The summed E-state index contributed by atoms with van der Waals surface area (Å²) >= 11 is 0. The molecule has 1 aliphatic carbocycles. The third kappa shape index (κ3) is 2.30. The lowest BCUT2D eigenvalue weighted by atomic mass is 10.0. The third-order valence-corrected chi connectivity index (χ3v) is 3.12. The first-order valence-corrected chi connectivity index (χ1v) is 5.72. The molecule has 16 heavy (non-hydrogen) atoms. The Labute approximate surface area is 96.5 Å². The van der Waals surface area contributed by atoms with E-state index in [1.165, 1.54) is 12.8 Å². The lowest BCUT2D eigenvalue weighted by molar-refractivity contribution is 0.348. The molecule has 0 aromatic heterocycles. The van der Waals surface area contributed by atoms with Crippen LogP contribution < -0.4 is 15.2 Å². The van der Waals surface area contributed by atoms with Crippen LogP contribution in [0.4, 0.5) is 0 Å². The number of benzene rings is 1. The lowest BCUT2D eigenvalue weighted by Crippen LogP contribution is -2.12. The average molecular weight is 221 g/mol. The maximum absolute atomic E-state index is 6.20. The molecule has 1 fully saturated rings. The molecule has 0 radical (unpaired) electrons. The Morgan fingerprint density at radius 2 is 2.06 bits per heavy atom. The summed E-state index contributed by atoms with van der Waals surface area (Å²) in [5, 5.41) is 0. The monoisotopic (exact) mass is 221 g/mol. The smallest absolute Gasteiger partial charge is 0.165 e. The van der Waals surface area contributed by atoms with E-state index in [2.05, 4.69) is 0 Å². The SMILES string of the molecule is COc1cccc([C@H](N)CC2CC2)c1OC. The summed E-state index contributed by atoms with van der Waals surface area (Å²) in [5.74, 6) is 2.34. The van der Waals surface area contributed by atoms with Crippen LogP contribution in [0, 0.1) is 5.92 Å². The van der Waals surface area contributed by atoms with Gasteiger partial charge in [-0.1, -0.05) is 25.0 Å². The molecule has 1 aliphatic rings. The zero-order valence-electron chi connectivity index (χ0n) is 9.90. The molecule has 3 heteroatoms. The minimum Gasteiger partial charge on any atom is -0.493 e. The topological polar surface area (TPSA) is 44.5 Å². The molecule has 0 heterocycles. The van der Waals surface area contributed by atoms with Crippen molar-refractivity contribution in [1.82, 2.24) is 0 Å². The Hall–Kier alpha value is -1.22. The van der Waals surface area contributed by atoms with Crippen molar-refractivity contribution >= 4 is 0 Å². The van der Waals surface area contributed by atoms with Gasteiger partial charge in [0.2, 0.25) is 0 Å². The van der Waals surface area contributed by atoms with Crippen LogP contribution in [0.15, 0.2) is 18.2 Å². The van der Waals surface area contributed by atoms with Gasteiger partial charge in [-0.05, 0) is 18.4 Å². The molecular weight excluding hydrogens is 202 g/mol. The van der Waals surface area contributed by atoms with Gasteiger partial charge in [0, 0.05) is 11.6 Å². The highest BCUT2D eigenvalue weighted by atomic mass is 16.5. The number of hydrogen-bond acceptors (Lipinski definition) is 3. The molecule has 2 N–H and O–H groups in total. The fraction of sp³-hybridized carbons (Fsp3) is 0.538. The van der Waals surface area contributed by atoms with Crippen LogP contribution >= 0.6 is 0 Å². The van der Waals surface area contributed by atoms with E-state index in [0.29, 0.717) is 0 Å². The van der Waals surface area contributed by atoms with Gasteiger partial charge < -0.3 is 15.2 Å². The van der Waals surface area contributed by atoms with Gasteiger partial charge in [0.1, 0.15) is 0 Å². The van der Waals surface area contributed by atoms with Gasteiger partial charge in [-0.15, -0.1) is 0 Å². The van der Waals surface area contributed by atoms with E-state index in [9.17, 15) is 0 Å². The van der Waals surface area contributed by atoms with Gasteiger partial charge in [-0.2, -0.15) is 0 Å². The van der Waals surface area contributed by atoms with Crippen LogP contribution in [-0.4, -0.2) is 14.2 Å². The van der Waals surface area contributed by atoms with Crippen molar-refractivity contribution in [3.63, 3.8) is 0 Å². The second-order valence-corrected chi connectivity index (χ2v) is 4.37. The molecular formula is C13H19NO2. The number of hydrogen-bond donors (Lipinski definition) is 1. The van der Waals surface area contributed by atoms with E-state index >= 15 is 0 Å². The van der Waals surface area contributed by atoms with Crippen LogP contribution in [0.3, 0.4) is 0 Å². The fourth-order valence-electron chi connectivity index (χ4n) is 2.04. The minimum atomic E-state index is 0.0533. The van der Waals surface area contributed by atoms with Crippen molar-refractivity contribution in [3.8, 4) is 11.5 Å². The molecule has 0 bridgehead atoms. The summed E-state index contributed by atoms with van der Waals surface area (Å²) in [4.78, 5) is 0.